The van der Waals surface area contributed by atoms with Gasteiger partial charge in [-0.1, -0.05) is 38.5 Å². The van der Waals surface area contributed by atoms with Crippen LogP contribution in [0.5, 0.6) is 0 Å². The van der Waals surface area contributed by atoms with E-state index in [-0.39, 0.29) is 0 Å². The Morgan fingerprint density at radius 3 is 2.22 bits per heavy atom. The molecule has 0 spiro atoms. The van der Waals surface area contributed by atoms with Gasteiger partial charge in [0.05, 0.1) is 22.4 Å². The van der Waals surface area contributed by atoms with E-state index in [1.54, 1.807) is 6.20 Å². The lowest BCUT2D eigenvalue weighted by Crippen LogP contribution is -2.16. The number of nitrogens with two attached hydrogens (primary N) is 1. The SMILES string of the molecule is CCC.Nc1nc2ccccc2nc1CNCc1ccccn1. The van der Waals surface area contributed by atoms with E-state index in [4.69, 9.17) is 5.73 Å². The molecule has 120 valence electrons. The summed E-state index contributed by atoms with van der Waals surface area (Å²) in [7, 11) is 0. The van der Waals surface area contributed by atoms with Gasteiger partial charge < -0.3 is 11.1 Å². The van der Waals surface area contributed by atoms with Crippen LogP contribution in [-0.2, 0) is 13.1 Å². The molecule has 2 aromatic heterocycles. The van der Waals surface area contributed by atoms with Gasteiger partial charge >= 0.3 is 0 Å². The molecule has 0 atom stereocenters. The number of aromatic nitrogens is 3. The van der Waals surface area contributed by atoms with Gasteiger partial charge in [-0.2, -0.15) is 0 Å². The number of benzene rings is 1. The molecule has 0 aliphatic carbocycles. The van der Waals surface area contributed by atoms with Crippen molar-refractivity contribution in [3.05, 3.63) is 60.0 Å². The van der Waals surface area contributed by atoms with Crippen molar-refractivity contribution < 1.29 is 0 Å². The van der Waals surface area contributed by atoms with Gasteiger partial charge in [-0.25, -0.2) is 9.97 Å². The van der Waals surface area contributed by atoms with Crippen LogP contribution in [0, 0.1) is 0 Å². The maximum absolute atomic E-state index is 5.94. The summed E-state index contributed by atoms with van der Waals surface area (Å²) in [6.45, 7) is 5.50. The second-order valence-electron chi connectivity index (χ2n) is 5.18. The smallest absolute Gasteiger partial charge is 0.147 e. The van der Waals surface area contributed by atoms with Crippen molar-refractivity contribution in [2.24, 2.45) is 0 Å². The Labute approximate surface area is 137 Å². The molecule has 0 aliphatic rings. The van der Waals surface area contributed by atoms with Crippen LogP contribution in [0.4, 0.5) is 5.82 Å². The maximum atomic E-state index is 5.94. The van der Waals surface area contributed by atoms with Gasteiger partial charge in [-0.15, -0.1) is 0 Å². The molecule has 3 rings (SSSR count). The first-order valence-corrected chi connectivity index (χ1v) is 7.86. The number of nitrogens with zero attached hydrogens (tertiary/aromatic N) is 3. The summed E-state index contributed by atoms with van der Waals surface area (Å²) in [5.41, 5.74) is 9.36. The maximum Gasteiger partial charge on any atom is 0.147 e. The Morgan fingerprint density at radius 2 is 1.57 bits per heavy atom. The Morgan fingerprint density at radius 1 is 0.913 bits per heavy atom. The van der Waals surface area contributed by atoms with E-state index < -0.39 is 0 Å². The summed E-state index contributed by atoms with van der Waals surface area (Å²) in [6, 6.07) is 13.6. The second kappa shape index (κ2) is 8.80. The molecule has 0 unspecified atom stereocenters. The van der Waals surface area contributed by atoms with E-state index in [2.05, 4.69) is 34.1 Å². The van der Waals surface area contributed by atoms with Crippen LogP contribution in [0.3, 0.4) is 0 Å². The first-order valence-electron chi connectivity index (χ1n) is 7.86. The normalized spacial score (nSPS) is 10.2. The molecule has 0 amide bonds. The van der Waals surface area contributed by atoms with Gasteiger partial charge in [0.15, 0.2) is 0 Å². The minimum absolute atomic E-state index is 0.470. The summed E-state index contributed by atoms with van der Waals surface area (Å²) in [5.74, 6) is 0.470. The van der Waals surface area contributed by atoms with E-state index in [9.17, 15) is 0 Å². The fourth-order valence-corrected chi connectivity index (χ4v) is 1.99. The Bertz CT molecular complexity index is 728. The zero-order chi connectivity index (χ0) is 16.5. The average Bonchev–Trinajstić information content (AvgIpc) is 2.57. The second-order valence-corrected chi connectivity index (χ2v) is 5.18. The molecule has 2 heterocycles. The molecule has 0 saturated carbocycles. The minimum atomic E-state index is 0.470. The van der Waals surface area contributed by atoms with Crippen molar-refractivity contribution in [2.45, 2.75) is 33.4 Å². The average molecular weight is 309 g/mol. The molecular formula is C18H23N5. The number of fused-ring (bicyclic) bond motifs is 1. The van der Waals surface area contributed by atoms with Crippen molar-refractivity contribution >= 4 is 16.9 Å². The van der Waals surface area contributed by atoms with Crippen molar-refractivity contribution in [1.29, 1.82) is 0 Å². The largest absolute Gasteiger partial charge is 0.382 e. The van der Waals surface area contributed by atoms with E-state index in [0.717, 1.165) is 22.4 Å². The third-order valence-corrected chi connectivity index (χ3v) is 3.00. The topological polar surface area (TPSA) is 76.7 Å². The zero-order valence-electron chi connectivity index (χ0n) is 13.7. The first-order chi connectivity index (χ1) is 11.2. The third kappa shape index (κ3) is 5.00. The van der Waals surface area contributed by atoms with E-state index >= 15 is 0 Å². The lowest BCUT2D eigenvalue weighted by molar-refractivity contribution is 0.669. The number of hydrogen-bond donors (Lipinski definition) is 2. The molecule has 3 aromatic rings. The number of rotatable bonds is 4. The number of nitrogen functional groups attached to an aromatic ring is 1. The van der Waals surface area contributed by atoms with Gasteiger partial charge in [0, 0.05) is 19.3 Å². The van der Waals surface area contributed by atoms with Gasteiger partial charge in [-0.3, -0.25) is 4.98 Å². The van der Waals surface area contributed by atoms with Crippen LogP contribution in [-0.4, -0.2) is 15.0 Å². The quantitative estimate of drug-likeness (QED) is 0.773. The highest BCUT2D eigenvalue weighted by molar-refractivity contribution is 5.75. The van der Waals surface area contributed by atoms with Crippen LogP contribution in [0.2, 0.25) is 0 Å². The fraction of sp³-hybridized carbons (Fsp3) is 0.278. The van der Waals surface area contributed by atoms with Gasteiger partial charge in [-0.05, 0) is 24.3 Å². The van der Waals surface area contributed by atoms with Crippen LogP contribution >= 0.6 is 0 Å². The lowest BCUT2D eigenvalue weighted by atomic mass is 10.3. The predicted octanol–water partition coefficient (Wildman–Crippen LogP) is 3.31. The summed E-state index contributed by atoms with van der Waals surface area (Å²) >= 11 is 0. The molecule has 0 aliphatic heterocycles. The van der Waals surface area contributed by atoms with Crippen LogP contribution in [0.15, 0.2) is 48.7 Å². The van der Waals surface area contributed by atoms with Gasteiger partial charge in [0.25, 0.3) is 0 Å². The van der Waals surface area contributed by atoms with Crippen molar-refractivity contribution in [1.82, 2.24) is 20.3 Å². The standard InChI is InChI=1S/C15H15N5.C3H8/c16-15-14(10-17-9-11-5-3-4-8-18-11)19-12-6-1-2-7-13(12)20-15;1-3-2/h1-8,17H,9-10H2,(H2,16,20);3H2,1-2H3. The van der Waals surface area contributed by atoms with E-state index in [1.807, 2.05) is 42.5 Å². The minimum Gasteiger partial charge on any atom is -0.382 e. The summed E-state index contributed by atoms with van der Waals surface area (Å²) in [5, 5.41) is 3.28. The zero-order valence-corrected chi connectivity index (χ0v) is 13.7. The van der Waals surface area contributed by atoms with Crippen LogP contribution in [0.25, 0.3) is 11.0 Å². The molecule has 23 heavy (non-hydrogen) atoms. The van der Waals surface area contributed by atoms with Crippen LogP contribution < -0.4 is 11.1 Å². The third-order valence-electron chi connectivity index (χ3n) is 3.00. The molecule has 1 aromatic carbocycles. The number of hydrogen-bond acceptors (Lipinski definition) is 5. The van der Waals surface area contributed by atoms with Gasteiger partial charge in [0.2, 0.25) is 0 Å². The van der Waals surface area contributed by atoms with Crippen molar-refractivity contribution in [3.63, 3.8) is 0 Å². The number of pyridine rings is 1. The Kier molecular flexibility index (Phi) is 6.44. The highest BCUT2D eigenvalue weighted by Crippen LogP contribution is 2.14. The summed E-state index contributed by atoms with van der Waals surface area (Å²) < 4.78 is 0. The lowest BCUT2D eigenvalue weighted by Gasteiger charge is -2.07. The Balaban J connectivity index is 0.000000595. The molecule has 0 saturated heterocycles. The molecule has 0 radical (unpaired) electrons. The first kappa shape index (κ1) is 16.8. The predicted molar refractivity (Wildman–Crippen MR) is 94.7 cm³/mol. The molecule has 0 fully saturated rings. The molecule has 5 nitrogen and oxygen atoms in total. The molecular weight excluding hydrogens is 286 g/mol. The van der Waals surface area contributed by atoms with E-state index in [0.29, 0.717) is 18.9 Å². The van der Waals surface area contributed by atoms with Crippen molar-refractivity contribution in [3.8, 4) is 0 Å². The number of anilines is 1. The highest BCUT2D eigenvalue weighted by atomic mass is 15.0. The summed E-state index contributed by atoms with van der Waals surface area (Å²) in [4.78, 5) is 13.1. The van der Waals surface area contributed by atoms with Gasteiger partial charge in [0.1, 0.15) is 5.82 Å². The fourth-order valence-electron chi connectivity index (χ4n) is 1.99. The molecule has 3 N–H and O–H groups in total. The number of para-hydroxylation sites is 2. The molecule has 5 heteroatoms. The number of nitrogens with one attached hydrogen (secondary N) is 1. The highest BCUT2D eigenvalue weighted by Gasteiger charge is 2.05. The monoisotopic (exact) mass is 309 g/mol. The van der Waals surface area contributed by atoms with E-state index in [1.165, 1.54) is 6.42 Å². The summed E-state index contributed by atoms with van der Waals surface area (Å²) in [6.07, 6.45) is 3.03. The molecule has 0 bridgehead atoms. The van der Waals surface area contributed by atoms with Crippen LogP contribution in [0.1, 0.15) is 31.7 Å². The van der Waals surface area contributed by atoms with Crippen molar-refractivity contribution in [2.75, 3.05) is 5.73 Å². The Hall–Kier alpha value is -2.53.